The zero-order valence-corrected chi connectivity index (χ0v) is 7.73. The first-order valence-electron chi connectivity index (χ1n) is 3.86. The predicted octanol–water partition coefficient (Wildman–Crippen LogP) is 1.63. The molecule has 12 heavy (non-hydrogen) atoms. The molecule has 1 aromatic heterocycles. The van der Waals surface area contributed by atoms with Gasteiger partial charge >= 0.3 is 0 Å². The van der Waals surface area contributed by atoms with Gasteiger partial charge in [0.2, 0.25) is 0 Å². The monoisotopic (exact) mass is 185 g/mol. The number of aromatic nitrogens is 1. The first-order chi connectivity index (χ1) is 5.76. The number of pyridine rings is 1. The van der Waals surface area contributed by atoms with E-state index in [2.05, 4.69) is 10.3 Å². The number of nitrogens with one attached hydrogen (secondary N) is 1. The van der Waals surface area contributed by atoms with E-state index in [9.17, 15) is 0 Å². The molecule has 0 unspecified atom stereocenters. The molecular formula is C8H12ClN3. The highest BCUT2D eigenvalue weighted by Gasteiger charge is 1.97. The van der Waals surface area contributed by atoms with Crippen molar-refractivity contribution >= 4 is 17.4 Å². The summed E-state index contributed by atoms with van der Waals surface area (Å²) in [4.78, 5) is 4.07. The van der Waals surface area contributed by atoms with E-state index in [-0.39, 0.29) is 0 Å². The Morgan fingerprint density at radius 1 is 1.58 bits per heavy atom. The lowest BCUT2D eigenvalue weighted by atomic mass is 10.2. The Bertz CT molecular complexity index is 262. The molecule has 0 amide bonds. The van der Waals surface area contributed by atoms with Crippen molar-refractivity contribution in [3.63, 3.8) is 0 Å². The number of nitrogens with two attached hydrogens (primary N) is 1. The molecule has 3 N–H and O–H groups in total. The minimum atomic E-state index is 0.480. The number of halogens is 1. The molecule has 66 valence electrons. The molecule has 0 saturated carbocycles. The van der Waals surface area contributed by atoms with Crippen molar-refractivity contribution in [1.82, 2.24) is 4.98 Å². The number of anilines is 1. The molecule has 0 fully saturated rings. The lowest BCUT2D eigenvalue weighted by Crippen LogP contribution is -2.02. The number of hydrogen-bond acceptors (Lipinski definition) is 3. The molecule has 0 aliphatic heterocycles. The largest absolute Gasteiger partial charge is 0.370 e. The van der Waals surface area contributed by atoms with Gasteiger partial charge in [0.25, 0.3) is 0 Å². The van der Waals surface area contributed by atoms with Crippen LogP contribution in [0.25, 0.3) is 0 Å². The molecule has 0 bridgehead atoms. The molecule has 0 spiro atoms. The number of rotatable bonds is 3. The zero-order chi connectivity index (χ0) is 8.97. The van der Waals surface area contributed by atoms with Gasteiger partial charge in [-0.2, -0.15) is 0 Å². The number of nitrogens with zero attached hydrogens (tertiary/aromatic N) is 1. The van der Waals surface area contributed by atoms with Gasteiger partial charge in [0.1, 0.15) is 11.0 Å². The maximum absolute atomic E-state index is 5.76. The molecule has 0 radical (unpaired) electrons. The maximum atomic E-state index is 5.76. The van der Waals surface area contributed by atoms with Gasteiger partial charge in [-0.3, -0.25) is 0 Å². The van der Waals surface area contributed by atoms with E-state index in [0.717, 1.165) is 17.9 Å². The van der Waals surface area contributed by atoms with Crippen molar-refractivity contribution in [2.75, 3.05) is 11.9 Å². The summed E-state index contributed by atoms with van der Waals surface area (Å²) in [5.41, 5.74) is 6.46. The van der Waals surface area contributed by atoms with Gasteiger partial charge in [-0.25, -0.2) is 4.98 Å². The maximum Gasteiger partial charge on any atom is 0.131 e. The van der Waals surface area contributed by atoms with Crippen LogP contribution in [0.2, 0.25) is 5.15 Å². The van der Waals surface area contributed by atoms with E-state index < -0.39 is 0 Å². The van der Waals surface area contributed by atoms with Crippen LogP contribution < -0.4 is 11.1 Å². The van der Waals surface area contributed by atoms with Crippen LogP contribution in [0.3, 0.4) is 0 Å². The second-order valence-corrected chi connectivity index (χ2v) is 2.81. The summed E-state index contributed by atoms with van der Waals surface area (Å²) < 4.78 is 0. The van der Waals surface area contributed by atoms with Crippen LogP contribution in [-0.2, 0) is 6.54 Å². The summed E-state index contributed by atoms with van der Waals surface area (Å²) in [5.74, 6) is 0.783. The van der Waals surface area contributed by atoms with E-state index in [0.29, 0.717) is 11.7 Å². The van der Waals surface area contributed by atoms with Crippen molar-refractivity contribution in [1.29, 1.82) is 0 Å². The predicted molar refractivity (Wildman–Crippen MR) is 51.3 cm³/mol. The fraction of sp³-hybridized carbons (Fsp3) is 0.375. The molecule has 0 aliphatic carbocycles. The van der Waals surface area contributed by atoms with Crippen LogP contribution in [0.1, 0.15) is 12.5 Å². The number of hydrogen-bond donors (Lipinski definition) is 2. The van der Waals surface area contributed by atoms with E-state index in [1.807, 2.05) is 13.0 Å². The Labute approximate surface area is 76.9 Å². The van der Waals surface area contributed by atoms with Gasteiger partial charge < -0.3 is 11.1 Å². The van der Waals surface area contributed by atoms with Crippen molar-refractivity contribution in [3.05, 3.63) is 22.8 Å². The summed E-state index contributed by atoms with van der Waals surface area (Å²) in [7, 11) is 0. The molecule has 0 saturated heterocycles. The third kappa shape index (κ3) is 2.36. The summed E-state index contributed by atoms with van der Waals surface area (Å²) >= 11 is 5.76. The third-order valence-corrected chi connectivity index (χ3v) is 1.64. The molecule has 4 heteroatoms. The lowest BCUT2D eigenvalue weighted by Gasteiger charge is -2.04. The fourth-order valence-electron chi connectivity index (χ4n) is 0.939. The highest BCUT2D eigenvalue weighted by molar-refractivity contribution is 6.29. The Hall–Kier alpha value is -0.800. The Morgan fingerprint density at radius 3 is 2.92 bits per heavy atom. The van der Waals surface area contributed by atoms with Crippen LogP contribution in [0.5, 0.6) is 0 Å². The smallest absolute Gasteiger partial charge is 0.131 e. The Morgan fingerprint density at radius 2 is 2.33 bits per heavy atom. The first kappa shape index (κ1) is 9.29. The third-order valence-electron chi connectivity index (χ3n) is 1.45. The first-order valence-corrected chi connectivity index (χ1v) is 4.24. The average Bonchev–Trinajstić information content (AvgIpc) is 2.04. The second-order valence-electron chi connectivity index (χ2n) is 2.42. The average molecular weight is 186 g/mol. The summed E-state index contributed by atoms with van der Waals surface area (Å²) in [6.45, 7) is 3.32. The molecule has 0 aliphatic rings. The standard InChI is InChI=1S/C8H12ClN3/c1-2-11-8-4-6(5-10)3-7(9)12-8/h3-4H,2,5,10H2,1H3,(H,11,12). The van der Waals surface area contributed by atoms with Crippen molar-refractivity contribution in [2.24, 2.45) is 5.73 Å². The Kier molecular flexibility index (Phi) is 3.31. The minimum absolute atomic E-state index is 0.480. The summed E-state index contributed by atoms with van der Waals surface area (Å²) in [6.07, 6.45) is 0. The molecule has 3 nitrogen and oxygen atoms in total. The van der Waals surface area contributed by atoms with Gasteiger partial charge in [0, 0.05) is 13.1 Å². The van der Waals surface area contributed by atoms with Crippen LogP contribution in [0.15, 0.2) is 12.1 Å². The second kappa shape index (κ2) is 4.28. The van der Waals surface area contributed by atoms with Gasteiger partial charge in [-0.1, -0.05) is 11.6 Å². The molecule has 1 aromatic rings. The van der Waals surface area contributed by atoms with Crippen molar-refractivity contribution < 1.29 is 0 Å². The van der Waals surface area contributed by atoms with E-state index in [1.165, 1.54) is 0 Å². The quantitative estimate of drug-likeness (QED) is 0.704. The highest BCUT2D eigenvalue weighted by atomic mass is 35.5. The Balaban J connectivity index is 2.90. The van der Waals surface area contributed by atoms with Gasteiger partial charge in [-0.05, 0) is 24.6 Å². The van der Waals surface area contributed by atoms with E-state index in [4.69, 9.17) is 17.3 Å². The molecule has 0 atom stereocenters. The minimum Gasteiger partial charge on any atom is -0.370 e. The van der Waals surface area contributed by atoms with Crippen LogP contribution in [-0.4, -0.2) is 11.5 Å². The van der Waals surface area contributed by atoms with Crippen LogP contribution in [0, 0.1) is 0 Å². The van der Waals surface area contributed by atoms with Crippen molar-refractivity contribution in [3.8, 4) is 0 Å². The van der Waals surface area contributed by atoms with Crippen LogP contribution >= 0.6 is 11.6 Å². The summed E-state index contributed by atoms with van der Waals surface area (Å²) in [6, 6.07) is 3.66. The molecule has 0 aromatic carbocycles. The fourth-order valence-corrected chi connectivity index (χ4v) is 1.17. The molecule has 1 heterocycles. The SMILES string of the molecule is CCNc1cc(CN)cc(Cl)n1. The van der Waals surface area contributed by atoms with Gasteiger partial charge in [0.05, 0.1) is 0 Å². The van der Waals surface area contributed by atoms with E-state index >= 15 is 0 Å². The highest BCUT2D eigenvalue weighted by Crippen LogP contribution is 2.13. The summed E-state index contributed by atoms with van der Waals surface area (Å²) in [5, 5.41) is 3.55. The van der Waals surface area contributed by atoms with Crippen molar-refractivity contribution in [2.45, 2.75) is 13.5 Å². The van der Waals surface area contributed by atoms with Crippen LogP contribution in [0.4, 0.5) is 5.82 Å². The molecule has 1 rings (SSSR count). The van der Waals surface area contributed by atoms with E-state index in [1.54, 1.807) is 6.07 Å². The zero-order valence-electron chi connectivity index (χ0n) is 6.97. The van der Waals surface area contributed by atoms with Gasteiger partial charge in [0.15, 0.2) is 0 Å². The lowest BCUT2D eigenvalue weighted by molar-refractivity contribution is 1.05. The molecular weight excluding hydrogens is 174 g/mol. The van der Waals surface area contributed by atoms with Gasteiger partial charge in [-0.15, -0.1) is 0 Å². The normalized spacial score (nSPS) is 9.92. The topological polar surface area (TPSA) is 50.9 Å².